The van der Waals surface area contributed by atoms with Gasteiger partial charge in [0.25, 0.3) is 0 Å². The van der Waals surface area contributed by atoms with Crippen LogP contribution in [-0.4, -0.2) is 30.1 Å². The molecule has 0 heterocycles. The Hall–Kier alpha value is -2.96. The van der Waals surface area contributed by atoms with Gasteiger partial charge >= 0.3 is 11.9 Å². The lowest BCUT2D eigenvalue weighted by molar-refractivity contribution is -0.140. The van der Waals surface area contributed by atoms with Gasteiger partial charge in [0.05, 0.1) is 6.61 Å². The first-order valence-electron chi connectivity index (χ1n) is 8.82. The Bertz CT molecular complexity index is 805. The number of ether oxygens (including phenoxy) is 3. The van der Waals surface area contributed by atoms with Crippen molar-refractivity contribution in [2.75, 3.05) is 6.61 Å². The highest BCUT2D eigenvalue weighted by Gasteiger charge is 2.37. The van der Waals surface area contributed by atoms with Crippen LogP contribution in [-0.2, 0) is 19.1 Å². The SMILES string of the molecule is CCCCCCOc1ccc2c(c1)C(=O)C(OC(C)=O)=C(OC(C)=O)C2=O. The molecule has 2 rings (SSSR count). The Labute approximate surface area is 157 Å². The zero-order valence-corrected chi connectivity index (χ0v) is 15.6. The first-order valence-corrected chi connectivity index (χ1v) is 8.82. The lowest BCUT2D eigenvalue weighted by Gasteiger charge is -2.19. The number of carbonyl (C=O) groups is 4. The second-order valence-corrected chi connectivity index (χ2v) is 6.12. The van der Waals surface area contributed by atoms with E-state index in [4.69, 9.17) is 14.2 Å². The number of Topliss-reactive ketones (excluding diaryl/α,β-unsaturated/α-hetero) is 2. The molecule has 144 valence electrons. The summed E-state index contributed by atoms with van der Waals surface area (Å²) in [5, 5.41) is 0. The summed E-state index contributed by atoms with van der Waals surface area (Å²) in [5.74, 6) is -3.75. The summed E-state index contributed by atoms with van der Waals surface area (Å²) in [6, 6.07) is 4.44. The third-order valence-corrected chi connectivity index (χ3v) is 3.86. The van der Waals surface area contributed by atoms with Crippen LogP contribution in [0, 0.1) is 0 Å². The Morgan fingerprint density at radius 1 is 0.852 bits per heavy atom. The van der Waals surface area contributed by atoms with E-state index in [1.54, 1.807) is 6.07 Å². The summed E-state index contributed by atoms with van der Waals surface area (Å²) >= 11 is 0. The van der Waals surface area contributed by atoms with Crippen molar-refractivity contribution in [1.82, 2.24) is 0 Å². The summed E-state index contributed by atoms with van der Waals surface area (Å²) in [6.45, 7) is 4.78. The number of carbonyl (C=O) groups excluding carboxylic acids is 4. The average molecular weight is 374 g/mol. The van der Waals surface area contributed by atoms with Crippen molar-refractivity contribution in [3.63, 3.8) is 0 Å². The van der Waals surface area contributed by atoms with Crippen LogP contribution in [0.1, 0.15) is 67.2 Å². The summed E-state index contributed by atoms with van der Waals surface area (Å²) in [6.07, 6.45) is 4.17. The van der Waals surface area contributed by atoms with Gasteiger partial charge in [-0.15, -0.1) is 0 Å². The van der Waals surface area contributed by atoms with Gasteiger partial charge < -0.3 is 14.2 Å². The highest BCUT2D eigenvalue weighted by molar-refractivity contribution is 6.26. The van der Waals surface area contributed by atoms with Crippen molar-refractivity contribution in [3.8, 4) is 5.75 Å². The predicted octanol–water partition coefficient (Wildman–Crippen LogP) is 3.36. The fourth-order valence-electron chi connectivity index (χ4n) is 2.64. The van der Waals surface area contributed by atoms with Crippen LogP contribution in [0.3, 0.4) is 0 Å². The third-order valence-electron chi connectivity index (χ3n) is 3.86. The number of hydrogen-bond donors (Lipinski definition) is 0. The first kappa shape index (κ1) is 20.4. The van der Waals surface area contributed by atoms with E-state index in [-0.39, 0.29) is 11.1 Å². The van der Waals surface area contributed by atoms with Crippen molar-refractivity contribution in [2.45, 2.75) is 46.5 Å². The minimum absolute atomic E-state index is 0.0400. The minimum atomic E-state index is -0.803. The summed E-state index contributed by atoms with van der Waals surface area (Å²) < 4.78 is 15.3. The van der Waals surface area contributed by atoms with Crippen LogP contribution < -0.4 is 4.74 Å². The molecule has 0 aliphatic heterocycles. The lowest BCUT2D eigenvalue weighted by Crippen LogP contribution is -2.27. The maximum atomic E-state index is 12.7. The van der Waals surface area contributed by atoms with Crippen LogP contribution in [0.5, 0.6) is 5.75 Å². The highest BCUT2D eigenvalue weighted by Crippen LogP contribution is 2.30. The third kappa shape index (κ3) is 5.03. The lowest BCUT2D eigenvalue weighted by atomic mass is 9.92. The van der Waals surface area contributed by atoms with E-state index >= 15 is 0 Å². The number of hydrogen-bond acceptors (Lipinski definition) is 7. The smallest absolute Gasteiger partial charge is 0.308 e. The second-order valence-electron chi connectivity index (χ2n) is 6.12. The highest BCUT2D eigenvalue weighted by atomic mass is 16.6. The van der Waals surface area contributed by atoms with E-state index in [1.807, 2.05) is 0 Å². The zero-order chi connectivity index (χ0) is 20.0. The largest absolute Gasteiger partial charge is 0.494 e. The molecule has 0 radical (unpaired) electrons. The Balaban J connectivity index is 2.29. The molecule has 7 nitrogen and oxygen atoms in total. The maximum absolute atomic E-state index is 12.7. The molecular weight excluding hydrogens is 352 g/mol. The monoisotopic (exact) mass is 374 g/mol. The van der Waals surface area contributed by atoms with E-state index in [1.165, 1.54) is 12.1 Å². The molecule has 1 aromatic rings. The predicted molar refractivity (Wildman–Crippen MR) is 95.3 cm³/mol. The van der Waals surface area contributed by atoms with E-state index in [9.17, 15) is 19.2 Å². The van der Waals surface area contributed by atoms with Crippen LogP contribution in [0.4, 0.5) is 0 Å². The van der Waals surface area contributed by atoms with Crippen LogP contribution in [0.15, 0.2) is 29.7 Å². The molecule has 1 aromatic carbocycles. The second kappa shape index (κ2) is 9.12. The fourth-order valence-corrected chi connectivity index (χ4v) is 2.64. The molecule has 0 unspecified atom stereocenters. The van der Waals surface area contributed by atoms with Crippen molar-refractivity contribution in [3.05, 3.63) is 40.8 Å². The summed E-state index contributed by atoms with van der Waals surface area (Å²) in [4.78, 5) is 47.9. The Kier molecular flexibility index (Phi) is 6.87. The van der Waals surface area contributed by atoms with Crippen molar-refractivity contribution >= 4 is 23.5 Å². The van der Waals surface area contributed by atoms with Crippen molar-refractivity contribution in [2.24, 2.45) is 0 Å². The van der Waals surface area contributed by atoms with E-state index in [0.29, 0.717) is 12.4 Å². The van der Waals surface area contributed by atoms with Crippen LogP contribution >= 0.6 is 0 Å². The van der Waals surface area contributed by atoms with Gasteiger partial charge in [-0.25, -0.2) is 0 Å². The minimum Gasteiger partial charge on any atom is -0.494 e. The molecule has 1 aliphatic carbocycles. The molecule has 0 saturated carbocycles. The van der Waals surface area contributed by atoms with Gasteiger partial charge in [-0.2, -0.15) is 0 Å². The topological polar surface area (TPSA) is 96.0 Å². The normalized spacial score (nSPS) is 13.3. The average Bonchev–Trinajstić information content (AvgIpc) is 2.61. The maximum Gasteiger partial charge on any atom is 0.308 e. The molecule has 0 aromatic heterocycles. The number of allylic oxidation sites excluding steroid dienone is 2. The van der Waals surface area contributed by atoms with Crippen molar-refractivity contribution < 1.29 is 33.4 Å². The van der Waals surface area contributed by atoms with Gasteiger partial charge in [-0.05, 0) is 24.6 Å². The van der Waals surface area contributed by atoms with Gasteiger partial charge in [0.1, 0.15) is 5.75 Å². The summed E-state index contributed by atoms with van der Waals surface area (Å²) in [7, 11) is 0. The van der Waals surface area contributed by atoms with E-state index in [0.717, 1.165) is 39.5 Å². The Morgan fingerprint density at radius 3 is 2.00 bits per heavy atom. The number of fused-ring (bicyclic) bond motifs is 1. The molecule has 0 bridgehead atoms. The van der Waals surface area contributed by atoms with Crippen LogP contribution in [0.2, 0.25) is 0 Å². The van der Waals surface area contributed by atoms with E-state index < -0.39 is 35.0 Å². The van der Waals surface area contributed by atoms with E-state index in [2.05, 4.69) is 6.92 Å². The molecule has 0 amide bonds. The first-order chi connectivity index (χ1) is 12.8. The number of esters is 2. The van der Waals surface area contributed by atoms with Gasteiger partial charge in [-0.1, -0.05) is 26.2 Å². The number of rotatable bonds is 8. The molecule has 0 saturated heterocycles. The van der Waals surface area contributed by atoms with Crippen LogP contribution in [0.25, 0.3) is 0 Å². The standard InChI is InChI=1S/C20H22O7/c1-4-5-6-7-10-25-14-8-9-15-16(11-14)18(24)20(27-13(3)22)19(17(15)23)26-12(2)21/h8-9,11H,4-7,10H2,1-3H3. The Morgan fingerprint density at radius 2 is 1.44 bits per heavy atom. The molecule has 0 atom stereocenters. The zero-order valence-electron chi connectivity index (χ0n) is 15.6. The molecule has 0 spiro atoms. The van der Waals surface area contributed by atoms with Gasteiger partial charge in [-0.3, -0.25) is 19.2 Å². The molecule has 0 N–H and O–H groups in total. The van der Waals surface area contributed by atoms with Crippen molar-refractivity contribution in [1.29, 1.82) is 0 Å². The van der Waals surface area contributed by atoms with Gasteiger partial charge in [0.15, 0.2) is 0 Å². The molecule has 1 aliphatic rings. The molecule has 0 fully saturated rings. The molecule has 27 heavy (non-hydrogen) atoms. The molecular formula is C20H22O7. The number of benzene rings is 1. The molecule has 7 heteroatoms. The van der Waals surface area contributed by atoms with Gasteiger partial charge in [0, 0.05) is 25.0 Å². The summed E-state index contributed by atoms with van der Waals surface area (Å²) in [5.41, 5.74) is 0.101. The quantitative estimate of drug-likeness (QED) is 0.508. The fraction of sp³-hybridized carbons (Fsp3) is 0.400. The number of unbranched alkanes of at least 4 members (excludes halogenated alkanes) is 3. The van der Waals surface area contributed by atoms with Gasteiger partial charge in [0.2, 0.25) is 23.1 Å². The number of ketones is 2.